The van der Waals surface area contributed by atoms with Crippen molar-refractivity contribution in [3.8, 4) is 11.3 Å². The summed E-state index contributed by atoms with van der Waals surface area (Å²) < 4.78 is 5.93. The maximum absolute atomic E-state index is 13.2. The lowest BCUT2D eigenvalue weighted by molar-refractivity contribution is -0.136. The van der Waals surface area contributed by atoms with Crippen molar-refractivity contribution in [2.45, 2.75) is 32.7 Å². The van der Waals surface area contributed by atoms with Gasteiger partial charge in [-0.15, -0.1) is 0 Å². The first-order chi connectivity index (χ1) is 18.3. The van der Waals surface area contributed by atoms with Crippen LogP contribution in [0.15, 0.2) is 83.3 Å². The van der Waals surface area contributed by atoms with Crippen LogP contribution in [0.4, 0.5) is 11.4 Å². The van der Waals surface area contributed by atoms with Gasteiger partial charge in [-0.2, -0.15) is 0 Å². The normalized spacial score (nSPS) is 12.5. The highest BCUT2D eigenvalue weighted by molar-refractivity contribution is 5.97. The van der Waals surface area contributed by atoms with Gasteiger partial charge in [0.15, 0.2) is 0 Å². The highest BCUT2D eigenvalue weighted by atomic mass is 16.4. The number of benzene rings is 3. The van der Waals surface area contributed by atoms with Gasteiger partial charge in [0.2, 0.25) is 5.91 Å². The third-order valence-corrected chi connectivity index (χ3v) is 6.45. The summed E-state index contributed by atoms with van der Waals surface area (Å²) >= 11 is 0. The van der Waals surface area contributed by atoms with E-state index >= 15 is 0 Å². The van der Waals surface area contributed by atoms with E-state index < -0.39 is 12.0 Å². The SMILES string of the molecule is CC[C@H](C)[C@H](Nc1ccc(C(=O)NCCC(=O)O)cc1)C(=O)Nc1ccc(-c2cc3ccccc3o2)cc1. The summed E-state index contributed by atoms with van der Waals surface area (Å²) in [5, 5.41) is 18.6. The zero-order valence-corrected chi connectivity index (χ0v) is 21.4. The molecular weight excluding hydrogens is 482 g/mol. The molecule has 0 saturated heterocycles. The monoisotopic (exact) mass is 513 g/mol. The molecule has 2 atom stereocenters. The van der Waals surface area contributed by atoms with Gasteiger partial charge in [0.05, 0.1) is 6.42 Å². The maximum atomic E-state index is 13.2. The van der Waals surface area contributed by atoms with E-state index in [9.17, 15) is 14.4 Å². The summed E-state index contributed by atoms with van der Waals surface area (Å²) in [6, 6.07) is 23.6. The molecule has 38 heavy (non-hydrogen) atoms. The van der Waals surface area contributed by atoms with E-state index in [0.717, 1.165) is 28.7 Å². The largest absolute Gasteiger partial charge is 0.481 e. The Morgan fingerprint density at radius 1 is 0.921 bits per heavy atom. The lowest BCUT2D eigenvalue weighted by atomic mass is 9.97. The average Bonchev–Trinajstić information content (AvgIpc) is 3.36. The second kappa shape index (κ2) is 12.1. The van der Waals surface area contributed by atoms with Gasteiger partial charge in [0.25, 0.3) is 5.91 Å². The molecule has 4 N–H and O–H groups in total. The molecule has 0 aliphatic rings. The molecule has 8 heteroatoms. The van der Waals surface area contributed by atoms with Crippen LogP contribution < -0.4 is 16.0 Å². The van der Waals surface area contributed by atoms with E-state index in [4.69, 9.17) is 9.52 Å². The van der Waals surface area contributed by atoms with Gasteiger partial charge in [-0.3, -0.25) is 14.4 Å². The number of carbonyl (C=O) groups is 3. The zero-order chi connectivity index (χ0) is 27.1. The van der Waals surface area contributed by atoms with Crippen molar-refractivity contribution in [2.24, 2.45) is 5.92 Å². The number of fused-ring (bicyclic) bond motifs is 1. The molecule has 0 radical (unpaired) electrons. The number of hydrogen-bond donors (Lipinski definition) is 4. The molecule has 3 aromatic carbocycles. The van der Waals surface area contributed by atoms with Crippen LogP contribution >= 0.6 is 0 Å². The lowest BCUT2D eigenvalue weighted by Crippen LogP contribution is -2.39. The van der Waals surface area contributed by atoms with Crippen LogP contribution in [-0.4, -0.2) is 35.5 Å². The Kier molecular flexibility index (Phi) is 8.43. The third kappa shape index (κ3) is 6.59. The second-order valence-electron chi connectivity index (χ2n) is 9.20. The molecule has 1 heterocycles. The van der Waals surface area contributed by atoms with E-state index in [1.807, 2.05) is 68.4 Å². The van der Waals surface area contributed by atoms with Gasteiger partial charge >= 0.3 is 5.97 Å². The summed E-state index contributed by atoms with van der Waals surface area (Å²) in [6.07, 6.45) is 0.653. The van der Waals surface area contributed by atoms with Gasteiger partial charge in [-0.05, 0) is 66.6 Å². The highest BCUT2D eigenvalue weighted by Crippen LogP contribution is 2.28. The van der Waals surface area contributed by atoms with Gasteiger partial charge in [-0.25, -0.2) is 0 Å². The molecule has 4 aromatic rings. The Labute approximate surface area is 221 Å². The number of carbonyl (C=O) groups excluding carboxylic acids is 2. The van der Waals surface area contributed by atoms with Crippen LogP contribution in [0.1, 0.15) is 37.0 Å². The molecule has 196 valence electrons. The molecule has 0 unspecified atom stereocenters. The first kappa shape index (κ1) is 26.5. The predicted octanol–water partition coefficient (Wildman–Crippen LogP) is 5.77. The number of para-hydroxylation sites is 1. The van der Waals surface area contributed by atoms with Crippen LogP contribution in [0.2, 0.25) is 0 Å². The molecular formula is C30H31N3O5. The number of aliphatic carboxylic acids is 1. The van der Waals surface area contributed by atoms with Gasteiger partial charge in [-0.1, -0.05) is 38.5 Å². The van der Waals surface area contributed by atoms with Crippen LogP contribution in [0, 0.1) is 5.92 Å². The van der Waals surface area contributed by atoms with E-state index in [2.05, 4.69) is 16.0 Å². The fourth-order valence-electron chi connectivity index (χ4n) is 4.05. The number of rotatable bonds is 11. The Balaban J connectivity index is 1.40. The first-order valence-corrected chi connectivity index (χ1v) is 12.6. The number of anilines is 2. The van der Waals surface area contributed by atoms with Crippen LogP contribution in [0.3, 0.4) is 0 Å². The van der Waals surface area contributed by atoms with Crippen molar-refractivity contribution >= 4 is 40.1 Å². The van der Waals surface area contributed by atoms with Crippen LogP contribution in [-0.2, 0) is 9.59 Å². The number of nitrogens with one attached hydrogen (secondary N) is 3. The first-order valence-electron chi connectivity index (χ1n) is 12.6. The topological polar surface area (TPSA) is 121 Å². The number of hydrogen-bond acceptors (Lipinski definition) is 5. The van der Waals surface area contributed by atoms with Crippen molar-refractivity contribution in [3.05, 3.63) is 84.4 Å². The molecule has 0 spiro atoms. The Morgan fingerprint density at radius 2 is 1.61 bits per heavy atom. The van der Waals surface area contributed by atoms with Crippen molar-refractivity contribution < 1.29 is 23.9 Å². The highest BCUT2D eigenvalue weighted by Gasteiger charge is 2.24. The molecule has 0 aliphatic carbocycles. The van der Waals surface area contributed by atoms with Crippen molar-refractivity contribution in [1.29, 1.82) is 0 Å². The fraction of sp³-hybridized carbons (Fsp3) is 0.233. The number of carboxylic acids is 1. The molecule has 1 aromatic heterocycles. The standard InChI is InChI=1S/C30H31N3O5/c1-3-19(2)28(32-23-14-10-21(11-15-23)29(36)31-17-16-27(34)35)30(37)33-24-12-8-20(9-13-24)26-18-22-6-4-5-7-25(22)38-26/h4-15,18-19,28,32H,3,16-17H2,1-2H3,(H,31,36)(H,33,37)(H,34,35)/t19-,28-/m0/s1. The predicted molar refractivity (Wildman–Crippen MR) is 148 cm³/mol. The van der Waals surface area contributed by atoms with E-state index in [1.165, 1.54) is 0 Å². The molecule has 0 fully saturated rings. The molecule has 8 nitrogen and oxygen atoms in total. The average molecular weight is 514 g/mol. The second-order valence-corrected chi connectivity index (χ2v) is 9.20. The molecule has 0 saturated carbocycles. The summed E-state index contributed by atoms with van der Waals surface area (Å²) in [6.45, 7) is 4.09. The van der Waals surface area contributed by atoms with Crippen LogP contribution in [0.25, 0.3) is 22.3 Å². The maximum Gasteiger partial charge on any atom is 0.305 e. The number of amides is 2. The van der Waals surface area contributed by atoms with E-state index in [0.29, 0.717) is 16.9 Å². The molecule has 0 aliphatic heterocycles. The smallest absolute Gasteiger partial charge is 0.305 e. The molecule has 2 amide bonds. The summed E-state index contributed by atoms with van der Waals surface area (Å²) in [5.41, 5.74) is 3.54. The minimum absolute atomic E-state index is 0.0452. The van der Waals surface area contributed by atoms with Crippen LogP contribution in [0.5, 0.6) is 0 Å². The van der Waals surface area contributed by atoms with Gasteiger partial charge in [0, 0.05) is 34.4 Å². The number of carboxylic acid groups (broad SMARTS) is 1. The summed E-state index contributed by atoms with van der Waals surface area (Å²) in [5.74, 6) is -0.668. The number of furan rings is 1. The Bertz CT molecular complexity index is 1380. The minimum atomic E-state index is -0.971. The van der Waals surface area contributed by atoms with E-state index in [-0.39, 0.29) is 30.7 Å². The van der Waals surface area contributed by atoms with E-state index in [1.54, 1.807) is 24.3 Å². The lowest BCUT2D eigenvalue weighted by Gasteiger charge is -2.24. The van der Waals surface area contributed by atoms with Crippen molar-refractivity contribution in [3.63, 3.8) is 0 Å². The molecule has 4 rings (SSSR count). The van der Waals surface area contributed by atoms with Crippen molar-refractivity contribution in [1.82, 2.24) is 5.32 Å². The van der Waals surface area contributed by atoms with Gasteiger partial charge < -0.3 is 25.5 Å². The zero-order valence-electron chi connectivity index (χ0n) is 21.4. The van der Waals surface area contributed by atoms with Crippen molar-refractivity contribution in [2.75, 3.05) is 17.2 Å². The molecule has 0 bridgehead atoms. The third-order valence-electron chi connectivity index (χ3n) is 6.45. The fourth-order valence-corrected chi connectivity index (χ4v) is 4.05. The summed E-state index contributed by atoms with van der Waals surface area (Å²) in [7, 11) is 0. The van der Waals surface area contributed by atoms with Gasteiger partial charge in [0.1, 0.15) is 17.4 Å². The Hall–Kier alpha value is -4.59. The summed E-state index contributed by atoms with van der Waals surface area (Å²) in [4.78, 5) is 36.0. The quantitative estimate of drug-likeness (QED) is 0.202. The Morgan fingerprint density at radius 3 is 2.26 bits per heavy atom. The minimum Gasteiger partial charge on any atom is -0.481 e.